The third-order valence-electron chi connectivity index (χ3n) is 6.41. The molecule has 0 bridgehead atoms. The van der Waals surface area contributed by atoms with Crippen molar-refractivity contribution in [2.75, 3.05) is 0 Å². The van der Waals surface area contributed by atoms with Crippen LogP contribution in [0.3, 0.4) is 0 Å². The molecular weight excluding hydrogens is 348 g/mol. The maximum absolute atomic E-state index is 12.9. The summed E-state index contributed by atoms with van der Waals surface area (Å²) in [4.78, 5) is 25.8. The molecule has 0 aromatic rings. The zero-order valence-electron chi connectivity index (χ0n) is 16.9. The van der Waals surface area contributed by atoms with Crippen molar-refractivity contribution in [3.63, 3.8) is 0 Å². The number of carbonyl (C=O) groups excluding carboxylic acids is 2. The van der Waals surface area contributed by atoms with Crippen molar-refractivity contribution in [1.29, 1.82) is 0 Å². The summed E-state index contributed by atoms with van der Waals surface area (Å²) < 4.78 is 0. The highest BCUT2D eigenvalue weighted by Gasteiger charge is 2.41. The molecule has 4 rings (SSSR count). The van der Waals surface area contributed by atoms with E-state index in [9.17, 15) is 9.59 Å². The first-order valence-corrected chi connectivity index (χ1v) is 11.3. The molecule has 0 atom stereocenters. The summed E-state index contributed by atoms with van der Waals surface area (Å²) in [5.41, 5.74) is 5.04. The van der Waals surface area contributed by atoms with Crippen LogP contribution >= 0.6 is 0 Å². The minimum Gasteiger partial charge on any atom is -0.321 e. The molecule has 4 nitrogen and oxygen atoms in total. The number of carbonyl (C=O) groups is 2. The van der Waals surface area contributed by atoms with E-state index >= 15 is 0 Å². The third-order valence-corrected chi connectivity index (χ3v) is 6.41. The molecule has 0 saturated carbocycles. The van der Waals surface area contributed by atoms with E-state index in [4.69, 9.17) is 0 Å². The van der Waals surface area contributed by atoms with Gasteiger partial charge in [0.1, 0.15) is 0 Å². The Labute approximate surface area is 168 Å². The number of hydrogen-bond acceptors (Lipinski definition) is 2. The summed E-state index contributed by atoms with van der Waals surface area (Å²) in [5, 5.41) is 6.12. The van der Waals surface area contributed by atoms with E-state index in [0.29, 0.717) is 11.1 Å². The van der Waals surface area contributed by atoms with Gasteiger partial charge in [0, 0.05) is 0 Å². The maximum atomic E-state index is 12.9. The average Bonchev–Trinajstić information content (AvgIpc) is 3.27. The molecule has 0 aromatic heterocycles. The number of allylic oxidation sites excluding steroid dienone is 4. The minimum atomic E-state index is -0.111. The van der Waals surface area contributed by atoms with Crippen LogP contribution in [0.1, 0.15) is 89.9 Å². The zero-order chi connectivity index (χ0) is 19.3. The van der Waals surface area contributed by atoms with Crippen molar-refractivity contribution in [3.05, 3.63) is 45.8 Å². The second-order valence-corrected chi connectivity index (χ2v) is 8.48. The van der Waals surface area contributed by atoms with Crippen LogP contribution in [0.2, 0.25) is 0 Å². The van der Waals surface area contributed by atoms with Crippen LogP contribution in [0.15, 0.2) is 45.8 Å². The first kappa shape index (κ1) is 19.2. The lowest BCUT2D eigenvalue weighted by Gasteiger charge is -2.12. The highest BCUT2D eigenvalue weighted by molar-refractivity contribution is 6.20. The molecule has 0 aromatic carbocycles. The first-order chi connectivity index (χ1) is 13.8. The van der Waals surface area contributed by atoms with Crippen molar-refractivity contribution >= 4 is 11.8 Å². The van der Waals surface area contributed by atoms with Gasteiger partial charge in [0.25, 0.3) is 11.8 Å². The van der Waals surface area contributed by atoms with Gasteiger partial charge in [-0.05, 0) is 62.5 Å². The maximum Gasteiger partial charge on any atom is 0.258 e. The summed E-state index contributed by atoms with van der Waals surface area (Å²) in [6.07, 6.45) is 20.6. The smallest absolute Gasteiger partial charge is 0.258 e. The summed E-state index contributed by atoms with van der Waals surface area (Å²) in [7, 11) is 0. The highest BCUT2D eigenvalue weighted by Crippen LogP contribution is 2.38. The van der Waals surface area contributed by atoms with E-state index in [2.05, 4.69) is 22.8 Å². The van der Waals surface area contributed by atoms with Crippen LogP contribution in [-0.2, 0) is 9.59 Å². The van der Waals surface area contributed by atoms with Crippen molar-refractivity contribution in [1.82, 2.24) is 10.6 Å². The van der Waals surface area contributed by atoms with Gasteiger partial charge < -0.3 is 10.6 Å². The Balaban J connectivity index is 1.69. The molecule has 2 heterocycles. The fourth-order valence-corrected chi connectivity index (χ4v) is 4.85. The molecule has 2 aliphatic carbocycles. The van der Waals surface area contributed by atoms with E-state index in [1.165, 1.54) is 51.4 Å². The fourth-order valence-electron chi connectivity index (χ4n) is 4.85. The first-order valence-electron chi connectivity index (χ1n) is 11.3. The van der Waals surface area contributed by atoms with Crippen molar-refractivity contribution in [2.24, 2.45) is 0 Å². The highest BCUT2D eigenvalue weighted by atomic mass is 16.2. The normalized spacial score (nSPS) is 28.4. The van der Waals surface area contributed by atoms with E-state index in [1.807, 2.05) is 0 Å². The molecule has 0 saturated heterocycles. The van der Waals surface area contributed by atoms with Gasteiger partial charge in [-0.2, -0.15) is 0 Å². The zero-order valence-corrected chi connectivity index (χ0v) is 16.9. The van der Waals surface area contributed by atoms with Gasteiger partial charge in [0.15, 0.2) is 0 Å². The third kappa shape index (κ3) is 4.01. The molecule has 28 heavy (non-hydrogen) atoms. The Hall–Kier alpha value is -2.10. The Bertz CT molecular complexity index is 716. The molecule has 0 unspecified atom stereocenters. The van der Waals surface area contributed by atoms with Gasteiger partial charge in [0.05, 0.1) is 22.5 Å². The predicted molar refractivity (Wildman–Crippen MR) is 111 cm³/mol. The van der Waals surface area contributed by atoms with Gasteiger partial charge in [0.2, 0.25) is 0 Å². The van der Waals surface area contributed by atoms with Gasteiger partial charge in [-0.3, -0.25) is 9.59 Å². The van der Waals surface area contributed by atoms with Gasteiger partial charge in [-0.15, -0.1) is 0 Å². The molecule has 0 spiro atoms. The van der Waals surface area contributed by atoms with Crippen LogP contribution in [0, 0.1) is 0 Å². The lowest BCUT2D eigenvalue weighted by Crippen LogP contribution is -2.24. The van der Waals surface area contributed by atoms with Crippen molar-refractivity contribution in [3.8, 4) is 0 Å². The van der Waals surface area contributed by atoms with Crippen LogP contribution in [-0.4, -0.2) is 11.8 Å². The summed E-state index contributed by atoms with van der Waals surface area (Å²) in [6.45, 7) is 0. The van der Waals surface area contributed by atoms with Gasteiger partial charge in [-0.1, -0.05) is 50.7 Å². The summed E-state index contributed by atoms with van der Waals surface area (Å²) >= 11 is 0. The minimum absolute atomic E-state index is 0.111. The lowest BCUT2D eigenvalue weighted by atomic mass is 9.97. The lowest BCUT2D eigenvalue weighted by molar-refractivity contribution is -0.117. The second kappa shape index (κ2) is 8.93. The number of nitrogens with one attached hydrogen (secondary N) is 2. The SMILES string of the molecule is O=C1NC(/C2=C/CCCCCCC2)=C2C(=O)NC(/C3=C/CCCCCCC3)=C12. The molecule has 4 heteroatoms. The standard InChI is InChI=1S/C24H32N2O2/c27-23-19-20(22(26-23)18-15-11-7-3-4-8-12-16-18)24(28)25-21(19)17-13-9-5-1-2-6-10-14-17/h13,15H,1-12,14,16H2,(H,25,28)(H,26,27)/b17-13+,18-15+. The van der Waals surface area contributed by atoms with Gasteiger partial charge in [-0.25, -0.2) is 0 Å². The Morgan fingerprint density at radius 1 is 0.536 bits per heavy atom. The van der Waals surface area contributed by atoms with Crippen LogP contribution in [0.25, 0.3) is 0 Å². The van der Waals surface area contributed by atoms with Crippen LogP contribution in [0.4, 0.5) is 0 Å². The largest absolute Gasteiger partial charge is 0.321 e. The second-order valence-electron chi connectivity index (χ2n) is 8.48. The molecule has 4 aliphatic rings. The van der Waals surface area contributed by atoms with E-state index < -0.39 is 0 Å². The van der Waals surface area contributed by atoms with Gasteiger partial charge >= 0.3 is 0 Å². The molecule has 2 N–H and O–H groups in total. The van der Waals surface area contributed by atoms with E-state index in [0.717, 1.165) is 61.1 Å². The monoisotopic (exact) mass is 380 g/mol. The van der Waals surface area contributed by atoms with E-state index in [-0.39, 0.29) is 11.8 Å². The summed E-state index contributed by atoms with van der Waals surface area (Å²) in [5.74, 6) is -0.222. The molecule has 0 radical (unpaired) electrons. The molecular formula is C24H32N2O2. The molecule has 0 fully saturated rings. The van der Waals surface area contributed by atoms with Crippen molar-refractivity contribution < 1.29 is 9.59 Å². The van der Waals surface area contributed by atoms with Crippen LogP contribution < -0.4 is 10.6 Å². The number of hydrogen-bond donors (Lipinski definition) is 2. The van der Waals surface area contributed by atoms with Crippen LogP contribution in [0.5, 0.6) is 0 Å². The topological polar surface area (TPSA) is 58.2 Å². The predicted octanol–water partition coefficient (Wildman–Crippen LogP) is 5.10. The number of fused-ring (bicyclic) bond motifs is 1. The molecule has 2 aliphatic heterocycles. The van der Waals surface area contributed by atoms with Crippen molar-refractivity contribution in [2.45, 2.75) is 89.9 Å². The Morgan fingerprint density at radius 3 is 1.39 bits per heavy atom. The number of amides is 2. The number of rotatable bonds is 2. The Kier molecular flexibility index (Phi) is 6.13. The van der Waals surface area contributed by atoms with E-state index in [1.54, 1.807) is 0 Å². The fraction of sp³-hybridized carbons (Fsp3) is 0.583. The Morgan fingerprint density at radius 2 is 0.929 bits per heavy atom. The summed E-state index contributed by atoms with van der Waals surface area (Å²) in [6, 6.07) is 0. The average molecular weight is 381 g/mol. The quantitative estimate of drug-likeness (QED) is 0.700. The molecule has 2 amide bonds. The molecule has 150 valence electrons.